The second kappa shape index (κ2) is 9.68. The van der Waals surface area contributed by atoms with Crippen molar-refractivity contribution in [3.05, 3.63) is 40.9 Å². The molecule has 0 unspecified atom stereocenters. The van der Waals surface area contributed by atoms with Gasteiger partial charge >= 0.3 is 0 Å². The lowest BCUT2D eigenvalue weighted by atomic mass is 10.2. The molecule has 1 N–H and O–H groups in total. The summed E-state index contributed by atoms with van der Waals surface area (Å²) in [7, 11) is 0. The van der Waals surface area contributed by atoms with E-state index in [0.29, 0.717) is 29.1 Å². The lowest BCUT2D eigenvalue weighted by molar-refractivity contribution is -0.138. The number of carbonyl (C=O) groups is 2. The van der Waals surface area contributed by atoms with Gasteiger partial charge in [-0.05, 0) is 37.1 Å². The molecule has 2 aromatic rings. The highest BCUT2D eigenvalue weighted by molar-refractivity contribution is 7.13. The predicted octanol–water partition coefficient (Wildman–Crippen LogP) is 2.82. The summed E-state index contributed by atoms with van der Waals surface area (Å²) in [5.41, 5.74) is 0. The maximum absolute atomic E-state index is 12.6. The molecule has 0 radical (unpaired) electrons. The van der Waals surface area contributed by atoms with Crippen molar-refractivity contribution >= 4 is 39.9 Å². The van der Waals surface area contributed by atoms with E-state index in [0.717, 1.165) is 12.8 Å². The summed E-state index contributed by atoms with van der Waals surface area (Å²) < 4.78 is 11.1. The number of ether oxygens (including phenoxy) is 2. The van der Waals surface area contributed by atoms with Gasteiger partial charge in [0.15, 0.2) is 11.7 Å². The molecule has 0 saturated carbocycles. The third-order valence-corrected chi connectivity index (χ3v) is 4.93. The van der Waals surface area contributed by atoms with Crippen LogP contribution in [0.1, 0.15) is 12.8 Å². The van der Waals surface area contributed by atoms with Crippen LogP contribution in [0.3, 0.4) is 0 Å². The molecular weight excluding hydrogens is 390 g/mol. The molecule has 0 aliphatic carbocycles. The SMILES string of the molecule is O=C(CN(C[C@@H]1CCCO1)C(=O)COc1ccc(Cl)cc1)Nc1nccs1. The molecule has 1 aromatic carbocycles. The summed E-state index contributed by atoms with van der Waals surface area (Å²) in [5.74, 6) is -0.0467. The number of halogens is 1. The van der Waals surface area contributed by atoms with Gasteiger partial charge in [-0.2, -0.15) is 0 Å². The minimum absolute atomic E-state index is 0.0582. The van der Waals surface area contributed by atoms with Crippen LogP contribution in [-0.4, -0.2) is 54.1 Å². The van der Waals surface area contributed by atoms with E-state index >= 15 is 0 Å². The van der Waals surface area contributed by atoms with Crippen LogP contribution in [0.4, 0.5) is 5.13 Å². The Balaban J connectivity index is 1.58. The van der Waals surface area contributed by atoms with Gasteiger partial charge in [-0.15, -0.1) is 11.3 Å². The Hall–Kier alpha value is -2.16. The Morgan fingerprint density at radius 2 is 2.19 bits per heavy atom. The maximum Gasteiger partial charge on any atom is 0.261 e. The van der Waals surface area contributed by atoms with Crippen LogP contribution < -0.4 is 10.1 Å². The van der Waals surface area contributed by atoms with E-state index in [2.05, 4.69) is 10.3 Å². The number of nitrogens with zero attached hydrogens (tertiary/aromatic N) is 2. The number of nitrogens with one attached hydrogen (secondary N) is 1. The second-order valence-corrected chi connectivity index (χ2v) is 7.37. The molecule has 1 fully saturated rings. The monoisotopic (exact) mass is 409 g/mol. The van der Waals surface area contributed by atoms with Crippen LogP contribution in [-0.2, 0) is 14.3 Å². The fourth-order valence-electron chi connectivity index (χ4n) is 2.67. The number of carbonyl (C=O) groups excluding carboxylic acids is 2. The zero-order valence-electron chi connectivity index (χ0n) is 14.6. The number of anilines is 1. The number of thiazole rings is 1. The van der Waals surface area contributed by atoms with E-state index in [1.54, 1.807) is 35.8 Å². The van der Waals surface area contributed by atoms with E-state index in [1.807, 2.05) is 0 Å². The maximum atomic E-state index is 12.6. The summed E-state index contributed by atoms with van der Waals surface area (Å²) in [6.07, 6.45) is 3.38. The topological polar surface area (TPSA) is 80.8 Å². The summed E-state index contributed by atoms with van der Waals surface area (Å²) in [6, 6.07) is 6.75. The third-order valence-electron chi connectivity index (χ3n) is 3.99. The average Bonchev–Trinajstić information content (AvgIpc) is 3.34. The Labute approximate surface area is 166 Å². The van der Waals surface area contributed by atoms with Gasteiger partial charge in [0.25, 0.3) is 5.91 Å². The smallest absolute Gasteiger partial charge is 0.261 e. The molecule has 2 amide bonds. The van der Waals surface area contributed by atoms with Crippen molar-refractivity contribution in [3.8, 4) is 5.75 Å². The van der Waals surface area contributed by atoms with Crippen molar-refractivity contribution in [2.24, 2.45) is 0 Å². The van der Waals surface area contributed by atoms with E-state index in [4.69, 9.17) is 21.1 Å². The first-order chi connectivity index (χ1) is 13.1. The summed E-state index contributed by atoms with van der Waals surface area (Å²) in [4.78, 5) is 30.4. The largest absolute Gasteiger partial charge is 0.484 e. The molecular formula is C18H20ClN3O4S. The van der Waals surface area contributed by atoms with Crippen molar-refractivity contribution in [2.75, 3.05) is 31.6 Å². The number of amides is 2. The number of benzene rings is 1. The fraction of sp³-hybridized carbons (Fsp3) is 0.389. The van der Waals surface area contributed by atoms with Gasteiger partial charge in [0.05, 0.1) is 6.10 Å². The highest BCUT2D eigenvalue weighted by atomic mass is 35.5. The van der Waals surface area contributed by atoms with Crippen molar-refractivity contribution in [3.63, 3.8) is 0 Å². The summed E-state index contributed by atoms with van der Waals surface area (Å²) in [5, 5.41) is 5.55. The van der Waals surface area contributed by atoms with Crippen molar-refractivity contribution < 1.29 is 19.1 Å². The van der Waals surface area contributed by atoms with Crippen LogP contribution in [0.5, 0.6) is 5.75 Å². The lowest BCUT2D eigenvalue weighted by Gasteiger charge is -2.24. The molecule has 2 heterocycles. The second-order valence-electron chi connectivity index (χ2n) is 6.04. The van der Waals surface area contributed by atoms with Gasteiger partial charge in [-0.1, -0.05) is 11.6 Å². The first-order valence-electron chi connectivity index (χ1n) is 8.57. The summed E-state index contributed by atoms with van der Waals surface area (Å²) in [6.45, 7) is 0.786. The average molecular weight is 410 g/mol. The molecule has 7 nitrogen and oxygen atoms in total. The summed E-state index contributed by atoms with van der Waals surface area (Å²) >= 11 is 7.16. The van der Waals surface area contributed by atoms with Gasteiger partial charge in [-0.25, -0.2) is 4.98 Å². The quantitative estimate of drug-likeness (QED) is 0.725. The van der Waals surface area contributed by atoms with Crippen LogP contribution in [0.25, 0.3) is 0 Å². The molecule has 144 valence electrons. The minimum atomic E-state index is -0.303. The van der Waals surface area contributed by atoms with Gasteiger partial charge in [0.2, 0.25) is 5.91 Å². The molecule has 1 saturated heterocycles. The number of aromatic nitrogens is 1. The van der Waals surface area contributed by atoms with E-state index in [-0.39, 0.29) is 31.1 Å². The molecule has 9 heteroatoms. The Morgan fingerprint density at radius 1 is 1.37 bits per heavy atom. The van der Waals surface area contributed by atoms with Crippen molar-refractivity contribution in [2.45, 2.75) is 18.9 Å². The number of hydrogen-bond donors (Lipinski definition) is 1. The molecule has 1 atom stereocenters. The third kappa shape index (κ3) is 6.20. The molecule has 1 aromatic heterocycles. The molecule has 0 spiro atoms. The van der Waals surface area contributed by atoms with Crippen LogP contribution in [0.15, 0.2) is 35.8 Å². The van der Waals surface area contributed by atoms with Gasteiger partial charge in [-0.3, -0.25) is 9.59 Å². The molecule has 0 bridgehead atoms. The Morgan fingerprint density at radius 3 is 2.85 bits per heavy atom. The van der Waals surface area contributed by atoms with E-state index < -0.39 is 0 Å². The van der Waals surface area contributed by atoms with Crippen LogP contribution in [0, 0.1) is 0 Å². The van der Waals surface area contributed by atoms with Crippen molar-refractivity contribution in [1.29, 1.82) is 0 Å². The minimum Gasteiger partial charge on any atom is -0.484 e. The van der Waals surface area contributed by atoms with Gasteiger partial charge in [0, 0.05) is 29.8 Å². The first kappa shape index (κ1) is 19.6. The normalized spacial score (nSPS) is 16.1. The van der Waals surface area contributed by atoms with Crippen LogP contribution in [0.2, 0.25) is 5.02 Å². The lowest BCUT2D eigenvalue weighted by Crippen LogP contribution is -2.44. The first-order valence-corrected chi connectivity index (χ1v) is 9.83. The highest BCUT2D eigenvalue weighted by Gasteiger charge is 2.25. The Bertz CT molecular complexity index is 748. The highest BCUT2D eigenvalue weighted by Crippen LogP contribution is 2.17. The van der Waals surface area contributed by atoms with E-state index in [1.165, 1.54) is 16.2 Å². The molecule has 27 heavy (non-hydrogen) atoms. The molecule has 1 aliphatic rings. The molecule has 1 aliphatic heterocycles. The fourth-order valence-corrected chi connectivity index (χ4v) is 3.34. The number of hydrogen-bond acceptors (Lipinski definition) is 6. The van der Waals surface area contributed by atoms with E-state index in [9.17, 15) is 9.59 Å². The zero-order valence-corrected chi connectivity index (χ0v) is 16.2. The number of rotatable bonds is 8. The molecule has 3 rings (SSSR count). The standard InChI is InChI=1S/C18H20ClN3O4S/c19-13-3-5-14(6-4-13)26-12-17(24)22(10-15-2-1-8-25-15)11-16(23)21-18-20-7-9-27-18/h3-7,9,15H,1-2,8,10-12H2,(H,20,21,23)/t15-/m0/s1. The predicted molar refractivity (Wildman–Crippen MR) is 103 cm³/mol. The van der Waals surface area contributed by atoms with Gasteiger partial charge in [0.1, 0.15) is 12.3 Å². The van der Waals surface area contributed by atoms with Crippen LogP contribution >= 0.6 is 22.9 Å². The Kier molecular flexibility index (Phi) is 7.03. The zero-order chi connectivity index (χ0) is 19.1. The van der Waals surface area contributed by atoms with Crippen molar-refractivity contribution in [1.82, 2.24) is 9.88 Å². The van der Waals surface area contributed by atoms with Gasteiger partial charge < -0.3 is 19.7 Å².